The number of rotatable bonds is 7. The van der Waals surface area contributed by atoms with Crippen molar-refractivity contribution in [3.8, 4) is 0 Å². The van der Waals surface area contributed by atoms with E-state index in [0.29, 0.717) is 0 Å². The lowest BCUT2D eigenvalue weighted by Crippen LogP contribution is -1.77. The topological polar surface area (TPSA) is 0 Å². The number of thioether (sulfide) groups is 1. The van der Waals surface area contributed by atoms with E-state index in [2.05, 4.69) is 24.5 Å². The standard InChI is InChI=1S/C14H19ClS/c1-2-3-4-6-9-13(15)12-16-14-10-7-5-8-11-14/h5,7-8,10-12H,2-4,6,9H2,1H3/b13-12+. The Morgan fingerprint density at radius 2 is 1.94 bits per heavy atom. The van der Waals surface area contributed by atoms with E-state index in [0.717, 1.165) is 11.5 Å². The van der Waals surface area contributed by atoms with Crippen molar-refractivity contribution in [2.75, 3.05) is 0 Å². The molecule has 0 aliphatic heterocycles. The largest absolute Gasteiger partial charge is 0.0969 e. The Balaban J connectivity index is 2.23. The Hall–Kier alpha value is -0.400. The predicted molar refractivity (Wildman–Crippen MR) is 75.0 cm³/mol. The minimum absolute atomic E-state index is 0.977. The number of halogens is 1. The fourth-order valence-electron chi connectivity index (χ4n) is 1.41. The second-order valence-corrected chi connectivity index (χ2v) is 5.23. The van der Waals surface area contributed by atoms with Crippen LogP contribution in [-0.4, -0.2) is 0 Å². The molecular weight excluding hydrogens is 236 g/mol. The van der Waals surface area contributed by atoms with Crippen molar-refractivity contribution in [3.63, 3.8) is 0 Å². The number of hydrogen-bond acceptors (Lipinski definition) is 1. The molecule has 0 nitrogen and oxygen atoms in total. The molecular formula is C14H19ClS. The number of allylic oxidation sites excluding steroid dienone is 1. The maximum absolute atomic E-state index is 6.15. The number of unbranched alkanes of at least 4 members (excludes halogenated alkanes) is 3. The molecule has 0 radical (unpaired) electrons. The average Bonchev–Trinajstić information content (AvgIpc) is 2.33. The molecule has 16 heavy (non-hydrogen) atoms. The van der Waals surface area contributed by atoms with Crippen molar-refractivity contribution < 1.29 is 0 Å². The molecule has 0 fully saturated rings. The van der Waals surface area contributed by atoms with Crippen LogP contribution in [0.25, 0.3) is 0 Å². The van der Waals surface area contributed by atoms with Gasteiger partial charge in [-0.3, -0.25) is 0 Å². The minimum atomic E-state index is 0.977. The molecule has 0 saturated heterocycles. The van der Waals surface area contributed by atoms with Crippen molar-refractivity contribution >= 4 is 23.4 Å². The predicted octanol–water partition coefficient (Wildman–Crippen LogP) is 5.83. The van der Waals surface area contributed by atoms with E-state index < -0.39 is 0 Å². The first-order valence-corrected chi connectivity index (χ1v) is 7.15. The molecule has 0 atom stereocenters. The van der Waals surface area contributed by atoms with Crippen LogP contribution in [0.15, 0.2) is 45.7 Å². The summed E-state index contributed by atoms with van der Waals surface area (Å²) < 4.78 is 0. The van der Waals surface area contributed by atoms with Gasteiger partial charge >= 0.3 is 0 Å². The van der Waals surface area contributed by atoms with Crippen molar-refractivity contribution in [2.45, 2.75) is 43.9 Å². The molecule has 0 amide bonds. The smallest absolute Gasteiger partial charge is 0.0247 e. The molecule has 88 valence electrons. The van der Waals surface area contributed by atoms with Crippen molar-refractivity contribution in [3.05, 3.63) is 40.8 Å². The van der Waals surface area contributed by atoms with Gasteiger partial charge in [-0.2, -0.15) is 0 Å². The second-order valence-electron chi connectivity index (χ2n) is 3.81. The molecule has 1 aromatic rings. The highest BCUT2D eigenvalue weighted by atomic mass is 35.5. The maximum Gasteiger partial charge on any atom is 0.0247 e. The van der Waals surface area contributed by atoms with Gasteiger partial charge in [0.05, 0.1) is 0 Å². The van der Waals surface area contributed by atoms with E-state index >= 15 is 0 Å². The molecule has 0 aromatic heterocycles. The first-order valence-electron chi connectivity index (χ1n) is 5.89. The molecule has 1 rings (SSSR count). The van der Waals surface area contributed by atoms with Gasteiger partial charge in [0.25, 0.3) is 0 Å². The third-order valence-corrected chi connectivity index (χ3v) is 3.71. The molecule has 0 aliphatic carbocycles. The van der Waals surface area contributed by atoms with Crippen LogP contribution in [0, 0.1) is 0 Å². The first-order chi connectivity index (χ1) is 7.83. The summed E-state index contributed by atoms with van der Waals surface area (Å²) in [5, 5.41) is 3.04. The van der Waals surface area contributed by atoms with Crippen LogP contribution in [0.5, 0.6) is 0 Å². The zero-order valence-electron chi connectivity index (χ0n) is 9.79. The van der Waals surface area contributed by atoms with E-state index in [4.69, 9.17) is 11.6 Å². The Morgan fingerprint density at radius 3 is 2.62 bits per heavy atom. The molecule has 0 heterocycles. The van der Waals surface area contributed by atoms with Crippen LogP contribution in [0.3, 0.4) is 0 Å². The normalized spacial score (nSPS) is 11.8. The van der Waals surface area contributed by atoms with Crippen molar-refractivity contribution in [2.24, 2.45) is 0 Å². The van der Waals surface area contributed by atoms with Crippen molar-refractivity contribution in [1.29, 1.82) is 0 Å². The Bertz CT molecular complexity index is 306. The second kappa shape index (κ2) is 8.72. The summed E-state index contributed by atoms with van der Waals surface area (Å²) in [5.41, 5.74) is 0. The highest BCUT2D eigenvalue weighted by Crippen LogP contribution is 2.24. The summed E-state index contributed by atoms with van der Waals surface area (Å²) in [5.74, 6) is 0. The fourth-order valence-corrected chi connectivity index (χ4v) is 2.37. The summed E-state index contributed by atoms with van der Waals surface area (Å²) in [7, 11) is 0. The van der Waals surface area contributed by atoms with Gasteiger partial charge in [-0.05, 0) is 30.4 Å². The summed E-state index contributed by atoms with van der Waals surface area (Å²) in [4.78, 5) is 1.24. The van der Waals surface area contributed by atoms with Gasteiger partial charge in [0, 0.05) is 9.93 Å². The molecule has 0 N–H and O–H groups in total. The van der Waals surface area contributed by atoms with E-state index in [-0.39, 0.29) is 0 Å². The summed E-state index contributed by atoms with van der Waals surface area (Å²) in [6.45, 7) is 2.22. The molecule has 1 aromatic carbocycles. The fraction of sp³-hybridized carbons (Fsp3) is 0.429. The highest BCUT2D eigenvalue weighted by molar-refractivity contribution is 8.02. The monoisotopic (exact) mass is 254 g/mol. The van der Waals surface area contributed by atoms with Crippen LogP contribution < -0.4 is 0 Å². The molecule has 0 unspecified atom stereocenters. The van der Waals surface area contributed by atoms with Gasteiger partial charge in [0.1, 0.15) is 0 Å². The van der Waals surface area contributed by atoms with E-state index in [1.165, 1.54) is 30.6 Å². The molecule has 2 heteroatoms. The van der Waals surface area contributed by atoms with Gasteiger partial charge in [0.15, 0.2) is 0 Å². The first kappa shape index (κ1) is 13.7. The average molecular weight is 255 g/mol. The van der Waals surface area contributed by atoms with Crippen molar-refractivity contribution in [1.82, 2.24) is 0 Å². The van der Waals surface area contributed by atoms with Gasteiger partial charge < -0.3 is 0 Å². The Kier molecular flexibility index (Phi) is 7.45. The van der Waals surface area contributed by atoms with Crippen LogP contribution >= 0.6 is 23.4 Å². The maximum atomic E-state index is 6.15. The number of benzene rings is 1. The van der Waals surface area contributed by atoms with E-state index in [1.807, 2.05) is 18.2 Å². The third kappa shape index (κ3) is 6.24. The molecule has 0 aliphatic rings. The summed E-state index contributed by atoms with van der Waals surface area (Å²) in [6, 6.07) is 10.3. The zero-order chi connectivity index (χ0) is 11.6. The highest BCUT2D eigenvalue weighted by Gasteiger charge is 1.94. The Labute approximate surface area is 108 Å². The zero-order valence-corrected chi connectivity index (χ0v) is 11.4. The molecule has 0 spiro atoms. The van der Waals surface area contributed by atoms with Crippen LogP contribution in [0.1, 0.15) is 39.0 Å². The summed E-state index contributed by atoms with van der Waals surface area (Å²) >= 11 is 7.85. The van der Waals surface area contributed by atoms with Crippen LogP contribution in [0.2, 0.25) is 0 Å². The van der Waals surface area contributed by atoms with Gasteiger partial charge in [-0.15, -0.1) is 0 Å². The van der Waals surface area contributed by atoms with E-state index in [9.17, 15) is 0 Å². The van der Waals surface area contributed by atoms with Gasteiger partial charge in [-0.25, -0.2) is 0 Å². The lowest BCUT2D eigenvalue weighted by atomic mass is 10.1. The summed E-state index contributed by atoms with van der Waals surface area (Å²) in [6.07, 6.45) is 6.10. The molecule has 0 bridgehead atoms. The third-order valence-electron chi connectivity index (χ3n) is 2.34. The van der Waals surface area contributed by atoms with Gasteiger partial charge in [0.2, 0.25) is 0 Å². The SMILES string of the molecule is CCCCCC/C(Cl)=C\Sc1ccccc1. The minimum Gasteiger partial charge on any atom is -0.0969 e. The van der Waals surface area contributed by atoms with Crippen LogP contribution in [-0.2, 0) is 0 Å². The Morgan fingerprint density at radius 1 is 1.19 bits per heavy atom. The molecule has 0 saturated carbocycles. The van der Waals surface area contributed by atoms with Gasteiger partial charge in [-0.1, -0.05) is 67.7 Å². The lowest BCUT2D eigenvalue weighted by Gasteiger charge is -1.99. The lowest BCUT2D eigenvalue weighted by molar-refractivity contribution is 0.672. The quantitative estimate of drug-likeness (QED) is 0.436. The van der Waals surface area contributed by atoms with Crippen LogP contribution in [0.4, 0.5) is 0 Å². The van der Waals surface area contributed by atoms with E-state index in [1.54, 1.807) is 11.8 Å². The number of hydrogen-bond donors (Lipinski definition) is 0.